The number of hydrogen-bond donors (Lipinski definition) is 1. The van der Waals surface area contributed by atoms with E-state index in [1.807, 2.05) is 47.8 Å². The van der Waals surface area contributed by atoms with Crippen molar-refractivity contribution < 1.29 is 14.3 Å². The van der Waals surface area contributed by atoms with Crippen LogP contribution in [0.3, 0.4) is 0 Å². The number of rotatable bonds is 8. The molecule has 6 heteroatoms. The van der Waals surface area contributed by atoms with E-state index in [2.05, 4.69) is 17.2 Å². The van der Waals surface area contributed by atoms with E-state index >= 15 is 0 Å². The lowest BCUT2D eigenvalue weighted by molar-refractivity contribution is 0.102. The van der Waals surface area contributed by atoms with E-state index < -0.39 is 0 Å². The van der Waals surface area contributed by atoms with Gasteiger partial charge in [-0.25, -0.2) is 4.98 Å². The first kappa shape index (κ1) is 19.1. The number of ether oxygens (including phenoxy) is 2. The van der Waals surface area contributed by atoms with Crippen LogP contribution in [0.4, 0.5) is 5.13 Å². The second-order valence-corrected chi connectivity index (χ2v) is 6.86. The van der Waals surface area contributed by atoms with Crippen LogP contribution in [-0.4, -0.2) is 24.6 Å². The third kappa shape index (κ3) is 5.15. The number of nitrogens with zero attached hydrogens (tertiary/aromatic N) is 1. The van der Waals surface area contributed by atoms with Gasteiger partial charge in [-0.3, -0.25) is 10.1 Å². The number of benzene rings is 2. The second kappa shape index (κ2) is 9.30. The van der Waals surface area contributed by atoms with Crippen LogP contribution in [-0.2, 0) is 11.3 Å². The Morgan fingerprint density at radius 2 is 2.00 bits per heavy atom. The van der Waals surface area contributed by atoms with E-state index in [-0.39, 0.29) is 5.91 Å². The molecule has 0 aliphatic rings. The predicted molar refractivity (Wildman–Crippen MR) is 108 cm³/mol. The van der Waals surface area contributed by atoms with E-state index in [9.17, 15) is 4.79 Å². The molecule has 1 aromatic heterocycles. The van der Waals surface area contributed by atoms with Crippen molar-refractivity contribution in [3.8, 4) is 17.0 Å². The van der Waals surface area contributed by atoms with Gasteiger partial charge < -0.3 is 9.47 Å². The normalized spacial score (nSPS) is 10.6. The Kier molecular flexibility index (Phi) is 6.57. The highest BCUT2D eigenvalue weighted by molar-refractivity contribution is 7.14. The molecule has 1 heterocycles. The zero-order valence-corrected chi connectivity index (χ0v) is 16.2. The molecular weight excluding hydrogens is 360 g/mol. The molecule has 5 nitrogen and oxygen atoms in total. The lowest BCUT2D eigenvalue weighted by Gasteiger charge is -2.05. The summed E-state index contributed by atoms with van der Waals surface area (Å²) in [7, 11) is 1.63. The molecule has 0 radical (unpaired) electrons. The number of hydrogen-bond acceptors (Lipinski definition) is 5. The monoisotopic (exact) mass is 382 g/mol. The zero-order valence-electron chi connectivity index (χ0n) is 15.4. The molecule has 0 saturated heterocycles. The fourth-order valence-electron chi connectivity index (χ4n) is 2.54. The number of aromatic nitrogens is 1. The number of thiazole rings is 1. The van der Waals surface area contributed by atoms with Gasteiger partial charge in [-0.1, -0.05) is 19.1 Å². The Hall–Kier alpha value is -2.70. The summed E-state index contributed by atoms with van der Waals surface area (Å²) in [6.07, 6.45) is 0.977. The Bertz CT molecular complexity index is 890. The van der Waals surface area contributed by atoms with Gasteiger partial charge in [0.25, 0.3) is 5.91 Å². The molecule has 140 valence electrons. The summed E-state index contributed by atoms with van der Waals surface area (Å²) in [5.74, 6) is 0.664. The van der Waals surface area contributed by atoms with E-state index in [1.165, 1.54) is 11.3 Å². The van der Waals surface area contributed by atoms with Crippen molar-refractivity contribution in [1.82, 2.24) is 4.98 Å². The van der Waals surface area contributed by atoms with Crippen LogP contribution in [0, 0.1) is 0 Å². The Labute approximate surface area is 163 Å². The molecule has 0 unspecified atom stereocenters. The average Bonchev–Trinajstić information content (AvgIpc) is 3.16. The van der Waals surface area contributed by atoms with E-state index in [4.69, 9.17) is 9.47 Å². The fraction of sp³-hybridized carbons (Fsp3) is 0.238. The summed E-state index contributed by atoms with van der Waals surface area (Å²) in [6, 6.07) is 15.2. The van der Waals surface area contributed by atoms with Crippen molar-refractivity contribution in [2.24, 2.45) is 0 Å². The number of methoxy groups -OCH3 is 1. The standard InChI is InChI=1S/C21H22N2O3S/c1-3-11-26-18-9-7-16(8-10-18)19-14-27-21(22-19)23-20(24)17-6-4-5-15(12-17)13-25-2/h4-10,12,14H,3,11,13H2,1-2H3,(H,22,23,24). The first-order valence-electron chi connectivity index (χ1n) is 8.77. The molecule has 3 rings (SSSR count). The maximum absolute atomic E-state index is 12.5. The van der Waals surface area contributed by atoms with Crippen LogP contribution in [0.25, 0.3) is 11.3 Å². The number of carbonyl (C=O) groups is 1. The molecule has 0 fully saturated rings. The van der Waals surface area contributed by atoms with Crippen LogP contribution >= 0.6 is 11.3 Å². The van der Waals surface area contributed by atoms with Crippen molar-refractivity contribution in [1.29, 1.82) is 0 Å². The molecule has 1 N–H and O–H groups in total. The van der Waals surface area contributed by atoms with Crippen molar-refractivity contribution in [2.75, 3.05) is 19.0 Å². The average molecular weight is 382 g/mol. The fourth-order valence-corrected chi connectivity index (χ4v) is 3.26. The molecule has 0 aliphatic heterocycles. The van der Waals surface area contributed by atoms with Gasteiger partial charge in [0.2, 0.25) is 0 Å². The number of nitrogens with one attached hydrogen (secondary N) is 1. The van der Waals surface area contributed by atoms with Crippen LogP contribution in [0.5, 0.6) is 5.75 Å². The molecule has 0 spiro atoms. The van der Waals surface area contributed by atoms with Gasteiger partial charge in [0.05, 0.1) is 18.9 Å². The molecule has 27 heavy (non-hydrogen) atoms. The third-order valence-electron chi connectivity index (χ3n) is 3.85. The van der Waals surface area contributed by atoms with Gasteiger partial charge in [0.1, 0.15) is 5.75 Å². The summed E-state index contributed by atoms with van der Waals surface area (Å²) >= 11 is 1.40. The van der Waals surface area contributed by atoms with Gasteiger partial charge in [-0.2, -0.15) is 0 Å². The van der Waals surface area contributed by atoms with Gasteiger partial charge in [-0.15, -0.1) is 11.3 Å². The van der Waals surface area contributed by atoms with E-state index in [0.717, 1.165) is 29.0 Å². The maximum Gasteiger partial charge on any atom is 0.257 e. The van der Waals surface area contributed by atoms with Crippen LogP contribution in [0.2, 0.25) is 0 Å². The number of anilines is 1. The highest BCUT2D eigenvalue weighted by Crippen LogP contribution is 2.27. The van der Waals surface area contributed by atoms with Crippen LogP contribution in [0.15, 0.2) is 53.9 Å². The van der Waals surface area contributed by atoms with Crippen molar-refractivity contribution in [2.45, 2.75) is 20.0 Å². The van der Waals surface area contributed by atoms with Crippen LogP contribution in [0.1, 0.15) is 29.3 Å². The number of amides is 1. The Morgan fingerprint density at radius 1 is 1.19 bits per heavy atom. The number of carbonyl (C=O) groups excluding carboxylic acids is 1. The topological polar surface area (TPSA) is 60.5 Å². The molecule has 2 aromatic carbocycles. The lowest BCUT2D eigenvalue weighted by Crippen LogP contribution is -2.12. The van der Waals surface area contributed by atoms with Gasteiger partial charge in [-0.05, 0) is 48.4 Å². The Balaban J connectivity index is 1.67. The van der Waals surface area contributed by atoms with Gasteiger partial charge in [0, 0.05) is 23.6 Å². The summed E-state index contributed by atoms with van der Waals surface area (Å²) in [6.45, 7) is 3.26. The lowest BCUT2D eigenvalue weighted by atomic mass is 10.1. The summed E-state index contributed by atoms with van der Waals surface area (Å²) in [5, 5.41) is 5.36. The Morgan fingerprint density at radius 3 is 2.74 bits per heavy atom. The maximum atomic E-state index is 12.5. The quantitative estimate of drug-likeness (QED) is 0.596. The van der Waals surface area contributed by atoms with Crippen molar-refractivity contribution in [3.63, 3.8) is 0 Å². The highest BCUT2D eigenvalue weighted by Gasteiger charge is 2.11. The summed E-state index contributed by atoms with van der Waals surface area (Å²) in [5.41, 5.74) is 3.34. The largest absolute Gasteiger partial charge is 0.494 e. The van der Waals surface area contributed by atoms with E-state index in [0.29, 0.717) is 23.9 Å². The molecule has 0 atom stereocenters. The van der Waals surface area contributed by atoms with E-state index in [1.54, 1.807) is 13.2 Å². The predicted octanol–water partition coefficient (Wildman–Crippen LogP) is 5.00. The minimum Gasteiger partial charge on any atom is -0.494 e. The van der Waals surface area contributed by atoms with Gasteiger partial charge >= 0.3 is 0 Å². The minimum atomic E-state index is -0.183. The SMILES string of the molecule is CCCOc1ccc(-c2csc(NC(=O)c3cccc(COC)c3)n2)cc1. The first-order chi connectivity index (χ1) is 13.2. The third-order valence-corrected chi connectivity index (χ3v) is 4.61. The van der Waals surface area contributed by atoms with Crippen molar-refractivity contribution in [3.05, 3.63) is 65.0 Å². The molecule has 0 bridgehead atoms. The zero-order chi connectivity index (χ0) is 19.1. The smallest absolute Gasteiger partial charge is 0.257 e. The summed E-state index contributed by atoms with van der Waals surface area (Å²) < 4.78 is 10.7. The van der Waals surface area contributed by atoms with Crippen LogP contribution < -0.4 is 10.1 Å². The highest BCUT2D eigenvalue weighted by atomic mass is 32.1. The summed E-state index contributed by atoms with van der Waals surface area (Å²) in [4.78, 5) is 17.0. The van der Waals surface area contributed by atoms with Crippen molar-refractivity contribution >= 4 is 22.4 Å². The molecule has 1 amide bonds. The first-order valence-corrected chi connectivity index (χ1v) is 9.65. The molecule has 0 aliphatic carbocycles. The minimum absolute atomic E-state index is 0.183. The van der Waals surface area contributed by atoms with Gasteiger partial charge in [0.15, 0.2) is 5.13 Å². The molecule has 3 aromatic rings. The molecular formula is C21H22N2O3S. The molecule has 0 saturated carbocycles. The second-order valence-electron chi connectivity index (χ2n) is 6.00.